The van der Waals surface area contributed by atoms with Crippen molar-refractivity contribution in [1.29, 1.82) is 0 Å². The number of hydrogen-bond donors (Lipinski definition) is 0. The standard InChI is InChI=1S/C4H9O.2C4H9.Al.K/c1-4(2,3)5;2*1-4(2)3;;/h1-3H3;2*4H,1H2,2-3H3;;/q-1;;;;+1. The van der Waals surface area contributed by atoms with Gasteiger partial charge in [-0.3, -0.25) is 0 Å². The second-order valence-corrected chi connectivity index (χ2v) is 7.18. The van der Waals surface area contributed by atoms with Gasteiger partial charge in [0.2, 0.25) is 15.2 Å². The Morgan fingerprint density at radius 2 is 1.13 bits per heavy atom. The Morgan fingerprint density at radius 1 is 0.933 bits per heavy atom. The molecular weight excluding hydrogens is 226 g/mol. The van der Waals surface area contributed by atoms with Crippen LogP contribution in [-0.2, 0) is 0 Å². The largest absolute Gasteiger partial charge is 1.00 e. The minimum absolute atomic E-state index is 0. The normalized spacial score (nSPS) is 10.5. The second-order valence-electron chi connectivity index (χ2n) is 5.66. The zero-order chi connectivity index (χ0) is 11.8. The van der Waals surface area contributed by atoms with Gasteiger partial charge in [0.15, 0.2) is 0 Å². The molecular formula is C12H27AlKO. The predicted molar refractivity (Wildman–Crippen MR) is 64.8 cm³/mol. The van der Waals surface area contributed by atoms with Crippen LogP contribution in [0.25, 0.3) is 0 Å². The van der Waals surface area contributed by atoms with Gasteiger partial charge >= 0.3 is 51.4 Å². The molecule has 0 unspecified atom stereocenters. The summed E-state index contributed by atoms with van der Waals surface area (Å²) < 4.78 is 0. The molecule has 15 heavy (non-hydrogen) atoms. The van der Waals surface area contributed by atoms with Crippen LogP contribution in [-0.4, -0.2) is 20.8 Å². The van der Waals surface area contributed by atoms with E-state index in [1.165, 1.54) is 10.6 Å². The minimum Gasteiger partial charge on any atom is -0.850 e. The third-order valence-electron chi connectivity index (χ3n) is 1.28. The molecule has 0 rings (SSSR count). The molecule has 1 radical (unpaired) electrons. The van der Waals surface area contributed by atoms with E-state index in [1.54, 1.807) is 20.8 Å². The van der Waals surface area contributed by atoms with E-state index in [2.05, 4.69) is 27.7 Å². The summed E-state index contributed by atoms with van der Waals surface area (Å²) in [6.07, 6.45) is 0. The topological polar surface area (TPSA) is 23.1 Å². The van der Waals surface area contributed by atoms with Gasteiger partial charge in [-0.05, 0) is 0 Å². The summed E-state index contributed by atoms with van der Waals surface area (Å²) in [7, 11) is 0. The molecule has 3 heteroatoms. The molecule has 1 nitrogen and oxygen atoms in total. The Kier molecular flexibility index (Phi) is 18.7. The first kappa shape index (κ1) is 22.3. The molecule has 0 aliphatic carbocycles. The first-order chi connectivity index (χ1) is 6.13. The maximum atomic E-state index is 10.1. The summed E-state index contributed by atoms with van der Waals surface area (Å²) in [5.74, 6) is 1.86. The average molecular weight is 253 g/mol. The first-order valence-electron chi connectivity index (χ1n) is 5.65. The Balaban J connectivity index is -0.000000208. The van der Waals surface area contributed by atoms with E-state index in [9.17, 15) is 5.11 Å². The van der Waals surface area contributed by atoms with Crippen molar-refractivity contribution in [3.05, 3.63) is 0 Å². The van der Waals surface area contributed by atoms with Crippen LogP contribution in [0.2, 0.25) is 10.6 Å². The van der Waals surface area contributed by atoms with E-state index < -0.39 is 5.60 Å². The molecule has 0 aromatic rings. The fraction of sp³-hybridized carbons (Fsp3) is 1.00. The fourth-order valence-corrected chi connectivity index (χ4v) is 2.29. The molecule has 0 atom stereocenters. The van der Waals surface area contributed by atoms with Crippen molar-refractivity contribution >= 4 is 15.2 Å². The molecule has 0 bridgehead atoms. The first-order valence-corrected chi connectivity index (χ1v) is 7.28. The van der Waals surface area contributed by atoms with Crippen LogP contribution in [0, 0.1) is 11.8 Å². The molecule has 0 aliphatic heterocycles. The molecule has 0 N–H and O–H groups in total. The van der Waals surface area contributed by atoms with Gasteiger partial charge in [0, 0.05) is 0 Å². The summed E-state index contributed by atoms with van der Waals surface area (Å²) >= 11 is 0.755. The number of rotatable bonds is 4. The zero-order valence-corrected chi connectivity index (χ0v) is 16.3. The van der Waals surface area contributed by atoms with Gasteiger partial charge in [0.1, 0.15) is 0 Å². The van der Waals surface area contributed by atoms with Crippen molar-refractivity contribution in [2.45, 2.75) is 64.6 Å². The van der Waals surface area contributed by atoms with Crippen molar-refractivity contribution in [2.75, 3.05) is 0 Å². The molecule has 0 heterocycles. The summed E-state index contributed by atoms with van der Waals surface area (Å²) in [5, 5.41) is 13.1. The van der Waals surface area contributed by atoms with E-state index in [0.717, 1.165) is 27.1 Å². The molecule has 0 saturated carbocycles. The molecule has 0 spiro atoms. The van der Waals surface area contributed by atoms with Crippen LogP contribution in [0.3, 0.4) is 0 Å². The van der Waals surface area contributed by atoms with Gasteiger partial charge in [-0.2, -0.15) is 0 Å². The summed E-state index contributed by atoms with van der Waals surface area (Å²) in [4.78, 5) is 0. The van der Waals surface area contributed by atoms with Crippen molar-refractivity contribution in [1.82, 2.24) is 0 Å². The van der Waals surface area contributed by atoms with E-state index in [1.807, 2.05) is 0 Å². The predicted octanol–water partition coefficient (Wildman–Crippen LogP) is -0.0116. The van der Waals surface area contributed by atoms with E-state index in [-0.39, 0.29) is 51.4 Å². The third-order valence-corrected chi connectivity index (χ3v) is 3.83. The maximum Gasteiger partial charge on any atom is 1.00 e. The van der Waals surface area contributed by atoms with Crippen LogP contribution >= 0.6 is 0 Å². The Hall–Kier alpha value is 2.13. The Bertz CT molecular complexity index is 105. The van der Waals surface area contributed by atoms with Crippen LogP contribution < -0.4 is 56.5 Å². The molecule has 85 valence electrons. The van der Waals surface area contributed by atoms with Crippen molar-refractivity contribution in [2.24, 2.45) is 11.8 Å². The van der Waals surface area contributed by atoms with Gasteiger partial charge in [0.25, 0.3) is 0 Å². The van der Waals surface area contributed by atoms with E-state index in [0.29, 0.717) is 0 Å². The smallest absolute Gasteiger partial charge is 0.850 e. The quantitative estimate of drug-likeness (QED) is 0.646. The molecule has 0 saturated heterocycles. The number of hydrogen-bond acceptors (Lipinski definition) is 1. The molecule has 0 aromatic carbocycles. The van der Waals surface area contributed by atoms with Gasteiger partial charge in [-0.25, -0.2) is 0 Å². The van der Waals surface area contributed by atoms with Crippen LogP contribution in [0.5, 0.6) is 0 Å². The van der Waals surface area contributed by atoms with E-state index >= 15 is 0 Å². The van der Waals surface area contributed by atoms with Crippen LogP contribution in [0.15, 0.2) is 0 Å². The average Bonchev–Trinajstić information content (AvgIpc) is 1.80. The van der Waals surface area contributed by atoms with Gasteiger partial charge in [-0.15, -0.1) is 16.2 Å². The SMILES string of the molecule is CC(C)(C)[O-].CC(C)[CH2][Al][CH2]C(C)C.[K+]. The van der Waals surface area contributed by atoms with Crippen LogP contribution in [0.4, 0.5) is 0 Å². The third kappa shape index (κ3) is 48.7. The fourth-order valence-electron chi connectivity index (χ4n) is 0.763. The maximum absolute atomic E-state index is 10.1. The molecule has 0 fully saturated rings. The van der Waals surface area contributed by atoms with Gasteiger partial charge < -0.3 is 5.11 Å². The van der Waals surface area contributed by atoms with E-state index in [4.69, 9.17) is 0 Å². The Labute approximate surface area is 146 Å². The summed E-state index contributed by atoms with van der Waals surface area (Å²) in [6, 6.07) is 0. The summed E-state index contributed by atoms with van der Waals surface area (Å²) in [5.41, 5.74) is -0.750. The van der Waals surface area contributed by atoms with Crippen molar-refractivity contribution in [3.63, 3.8) is 0 Å². The van der Waals surface area contributed by atoms with Crippen molar-refractivity contribution in [3.8, 4) is 0 Å². The Morgan fingerprint density at radius 3 is 1.27 bits per heavy atom. The second kappa shape index (κ2) is 12.6. The molecule has 0 aromatic heterocycles. The van der Waals surface area contributed by atoms with Gasteiger partial charge in [-0.1, -0.05) is 60.3 Å². The van der Waals surface area contributed by atoms with Crippen LogP contribution in [0.1, 0.15) is 48.5 Å². The summed E-state index contributed by atoms with van der Waals surface area (Å²) in [6.45, 7) is 14.1. The molecule has 0 aliphatic rings. The molecule has 0 amide bonds. The zero-order valence-electron chi connectivity index (χ0n) is 12.1. The monoisotopic (exact) mass is 253 g/mol. The van der Waals surface area contributed by atoms with Gasteiger partial charge in [0.05, 0.1) is 0 Å². The minimum atomic E-state index is -0.750. The van der Waals surface area contributed by atoms with Crippen molar-refractivity contribution < 1.29 is 56.5 Å².